The summed E-state index contributed by atoms with van der Waals surface area (Å²) in [6.07, 6.45) is 0. The highest BCUT2D eigenvalue weighted by molar-refractivity contribution is 5.70. The monoisotopic (exact) mass is 292 g/mol. The van der Waals surface area contributed by atoms with Crippen LogP contribution in [0, 0.1) is 11.6 Å². The van der Waals surface area contributed by atoms with Crippen molar-refractivity contribution in [2.24, 2.45) is 0 Å². The molecule has 112 valence electrons. The highest BCUT2D eigenvalue weighted by Crippen LogP contribution is 2.35. The quantitative estimate of drug-likeness (QED) is 0.872. The van der Waals surface area contributed by atoms with Crippen LogP contribution >= 0.6 is 0 Å². The van der Waals surface area contributed by atoms with Gasteiger partial charge in [0.1, 0.15) is 5.82 Å². The highest BCUT2D eigenvalue weighted by Gasteiger charge is 2.19. The van der Waals surface area contributed by atoms with Crippen LogP contribution in [0.2, 0.25) is 0 Å². The van der Waals surface area contributed by atoms with E-state index in [1.807, 2.05) is 6.92 Å². The summed E-state index contributed by atoms with van der Waals surface area (Å²) >= 11 is 0. The third-order valence-corrected chi connectivity index (χ3v) is 3.62. The first-order valence-corrected chi connectivity index (χ1v) is 6.56. The Hall–Kier alpha value is -2.30. The Morgan fingerprint density at radius 3 is 2.43 bits per heavy atom. The van der Waals surface area contributed by atoms with Gasteiger partial charge in [-0.15, -0.1) is 0 Å². The summed E-state index contributed by atoms with van der Waals surface area (Å²) in [5, 5.41) is 0. The zero-order valence-electron chi connectivity index (χ0n) is 12.2. The molecular formula is C16H18F2N2O. The SMILES string of the molecule is COc1cc(N(C)C(C)c2ccccc2F)c(N)cc1F. The van der Waals surface area contributed by atoms with E-state index in [4.69, 9.17) is 10.5 Å². The summed E-state index contributed by atoms with van der Waals surface area (Å²) in [4.78, 5) is 1.79. The number of hydrogen-bond acceptors (Lipinski definition) is 3. The number of ether oxygens (including phenoxy) is 1. The molecule has 0 spiro atoms. The molecule has 0 bridgehead atoms. The molecule has 2 N–H and O–H groups in total. The molecule has 2 aromatic rings. The van der Waals surface area contributed by atoms with Crippen molar-refractivity contribution < 1.29 is 13.5 Å². The van der Waals surface area contributed by atoms with Gasteiger partial charge in [0.25, 0.3) is 0 Å². The number of rotatable bonds is 4. The molecule has 0 amide bonds. The smallest absolute Gasteiger partial charge is 0.167 e. The van der Waals surface area contributed by atoms with Crippen LogP contribution in [0.3, 0.4) is 0 Å². The van der Waals surface area contributed by atoms with Crippen molar-refractivity contribution in [2.45, 2.75) is 13.0 Å². The Morgan fingerprint density at radius 2 is 1.81 bits per heavy atom. The number of hydrogen-bond donors (Lipinski definition) is 1. The maximum absolute atomic E-state index is 13.9. The maximum Gasteiger partial charge on any atom is 0.167 e. The van der Waals surface area contributed by atoms with Crippen molar-refractivity contribution in [3.8, 4) is 5.75 Å². The lowest BCUT2D eigenvalue weighted by atomic mass is 10.1. The maximum atomic E-state index is 13.9. The van der Waals surface area contributed by atoms with Crippen molar-refractivity contribution in [1.29, 1.82) is 0 Å². The van der Waals surface area contributed by atoms with Crippen LogP contribution in [0.5, 0.6) is 5.75 Å². The number of benzene rings is 2. The zero-order chi connectivity index (χ0) is 15.6. The van der Waals surface area contributed by atoms with Gasteiger partial charge in [0, 0.05) is 24.7 Å². The van der Waals surface area contributed by atoms with Crippen molar-refractivity contribution in [3.05, 3.63) is 53.6 Å². The fourth-order valence-corrected chi connectivity index (χ4v) is 2.25. The highest BCUT2D eigenvalue weighted by atomic mass is 19.1. The molecule has 3 nitrogen and oxygen atoms in total. The Balaban J connectivity index is 2.40. The van der Waals surface area contributed by atoms with Crippen LogP contribution < -0.4 is 15.4 Å². The van der Waals surface area contributed by atoms with Gasteiger partial charge in [0.2, 0.25) is 0 Å². The number of nitrogen functional groups attached to an aromatic ring is 1. The fraction of sp³-hybridized carbons (Fsp3) is 0.250. The van der Waals surface area contributed by atoms with E-state index in [9.17, 15) is 8.78 Å². The second-order valence-electron chi connectivity index (χ2n) is 4.85. The van der Waals surface area contributed by atoms with E-state index in [1.165, 1.54) is 25.3 Å². The summed E-state index contributed by atoms with van der Waals surface area (Å²) < 4.78 is 32.5. The number of halogens is 2. The van der Waals surface area contributed by atoms with E-state index in [2.05, 4.69) is 0 Å². The van der Waals surface area contributed by atoms with Crippen LogP contribution in [0.25, 0.3) is 0 Å². The minimum absolute atomic E-state index is 0.104. The molecule has 1 atom stereocenters. The Morgan fingerprint density at radius 1 is 1.14 bits per heavy atom. The molecule has 5 heteroatoms. The number of nitrogens with two attached hydrogens (primary N) is 1. The average molecular weight is 292 g/mol. The lowest BCUT2D eigenvalue weighted by molar-refractivity contribution is 0.386. The lowest BCUT2D eigenvalue weighted by Crippen LogP contribution is -2.23. The third kappa shape index (κ3) is 2.91. The van der Waals surface area contributed by atoms with E-state index in [1.54, 1.807) is 30.1 Å². The van der Waals surface area contributed by atoms with Crippen LogP contribution in [0.15, 0.2) is 36.4 Å². The Bertz CT molecular complexity index is 646. The third-order valence-electron chi connectivity index (χ3n) is 3.62. The molecule has 0 aliphatic carbocycles. The van der Waals surface area contributed by atoms with Crippen LogP contribution in [0.1, 0.15) is 18.5 Å². The predicted octanol–water partition coefficient (Wildman–Crippen LogP) is 3.75. The second-order valence-corrected chi connectivity index (χ2v) is 4.85. The molecule has 0 heterocycles. The predicted molar refractivity (Wildman–Crippen MR) is 80.6 cm³/mol. The van der Waals surface area contributed by atoms with Gasteiger partial charge in [-0.05, 0) is 13.0 Å². The van der Waals surface area contributed by atoms with Crippen molar-refractivity contribution in [1.82, 2.24) is 0 Å². The topological polar surface area (TPSA) is 38.5 Å². The van der Waals surface area contributed by atoms with Gasteiger partial charge in [0.15, 0.2) is 11.6 Å². The summed E-state index contributed by atoms with van der Waals surface area (Å²) in [5.41, 5.74) is 7.28. The first-order chi connectivity index (χ1) is 9.95. The molecular weight excluding hydrogens is 274 g/mol. The molecule has 0 aliphatic heterocycles. The van der Waals surface area contributed by atoms with Gasteiger partial charge in [-0.2, -0.15) is 0 Å². The molecule has 0 aliphatic rings. The molecule has 1 unspecified atom stereocenters. The summed E-state index contributed by atoms with van der Waals surface area (Å²) in [6, 6.07) is 9.00. The minimum Gasteiger partial charge on any atom is -0.494 e. The van der Waals surface area contributed by atoms with Gasteiger partial charge < -0.3 is 15.4 Å². The van der Waals surface area contributed by atoms with E-state index >= 15 is 0 Å². The van der Waals surface area contributed by atoms with Crippen LogP contribution in [0.4, 0.5) is 20.2 Å². The second kappa shape index (κ2) is 5.99. The van der Waals surface area contributed by atoms with Crippen LogP contribution in [-0.2, 0) is 0 Å². The average Bonchev–Trinajstić information content (AvgIpc) is 2.46. The summed E-state index contributed by atoms with van der Waals surface area (Å²) in [5.74, 6) is -0.707. The first-order valence-electron chi connectivity index (χ1n) is 6.56. The molecule has 0 saturated carbocycles. The Labute approximate surface area is 122 Å². The zero-order valence-corrected chi connectivity index (χ0v) is 12.2. The Kier molecular flexibility index (Phi) is 4.31. The molecule has 21 heavy (non-hydrogen) atoms. The molecule has 2 aromatic carbocycles. The molecule has 0 saturated heterocycles. The van der Waals surface area contributed by atoms with Gasteiger partial charge in [0.05, 0.1) is 24.5 Å². The number of nitrogens with zero attached hydrogens (tertiary/aromatic N) is 1. The van der Waals surface area contributed by atoms with Gasteiger partial charge >= 0.3 is 0 Å². The lowest BCUT2D eigenvalue weighted by Gasteiger charge is -2.29. The molecule has 0 aromatic heterocycles. The molecule has 0 fully saturated rings. The fourth-order valence-electron chi connectivity index (χ4n) is 2.25. The molecule has 2 rings (SSSR count). The van der Waals surface area contributed by atoms with Crippen molar-refractivity contribution in [3.63, 3.8) is 0 Å². The van der Waals surface area contributed by atoms with Crippen molar-refractivity contribution in [2.75, 3.05) is 24.8 Å². The first kappa shape index (κ1) is 15.1. The minimum atomic E-state index is -0.523. The van der Waals surface area contributed by atoms with Gasteiger partial charge in [-0.3, -0.25) is 0 Å². The molecule has 0 radical (unpaired) electrons. The normalized spacial score (nSPS) is 12.0. The summed E-state index contributed by atoms with van der Waals surface area (Å²) in [7, 11) is 3.17. The van der Waals surface area contributed by atoms with Crippen molar-refractivity contribution >= 4 is 11.4 Å². The van der Waals surface area contributed by atoms with Gasteiger partial charge in [-0.1, -0.05) is 18.2 Å². The van der Waals surface area contributed by atoms with E-state index in [0.29, 0.717) is 11.3 Å². The van der Waals surface area contributed by atoms with Crippen LogP contribution in [-0.4, -0.2) is 14.2 Å². The number of anilines is 2. The standard InChI is InChI=1S/C16H18F2N2O/c1-10(11-6-4-5-7-12(11)17)20(2)15-9-16(21-3)13(18)8-14(15)19/h4-10H,19H2,1-3H3. The summed E-state index contributed by atoms with van der Waals surface area (Å²) in [6.45, 7) is 1.85. The van der Waals surface area contributed by atoms with E-state index < -0.39 is 5.82 Å². The van der Waals surface area contributed by atoms with E-state index in [0.717, 1.165) is 0 Å². The van der Waals surface area contributed by atoms with Gasteiger partial charge in [-0.25, -0.2) is 8.78 Å². The largest absolute Gasteiger partial charge is 0.494 e. The van der Waals surface area contributed by atoms with E-state index in [-0.39, 0.29) is 23.3 Å². The number of methoxy groups -OCH3 is 1.